The van der Waals surface area contributed by atoms with E-state index in [0.29, 0.717) is 55.4 Å². The number of sulfonamides is 1. The summed E-state index contributed by atoms with van der Waals surface area (Å²) in [6.07, 6.45) is 6.47. The average Bonchev–Trinajstić information content (AvgIpc) is 2.89. The molecule has 14 nitrogen and oxygen atoms in total. The first-order valence-corrected chi connectivity index (χ1v) is 13.6. The Hall–Kier alpha value is -4.40. The number of anilines is 2. The van der Waals surface area contributed by atoms with Gasteiger partial charge in [0.2, 0.25) is 21.9 Å². The van der Waals surface area contributed by atoms with Crippen LogP contribution >= 0.6 is 0 Å². The highest BCUT2D eigenvalue weighted by Crippen LogP contribution is 2.27. The summed E-state index contributed by atoms with van der Waals surface area (Å²) in [7, 11) is -3.49. The first-order chi connectivity index (χ1) is 18.2. The molecule has 0 bridgehead atoms. The molecule has 1 aliphatic heterocycles. The molecule has 0 atom stereocenters. The van der Waals surface area contributed by atoms with E-state index in [4.69, 9.17) is 9.47 Å². The van der Waals surface area contributed by atoms with E-state index in [-0.39, 0.29) is 17.7 Å². The normalized spacial score (nSPS) is 14.0. The minimum absolute atomic E-state index is 0.00220. The highest BCUT2D eigenvalue weighted by atomic mass is 32.2. The Labute approximate surface area is 218 Å². The van der Waals surface area contributed by atoms with Crippen molar-refractivity contribution in [1.29, 1.82) is 0 Å². The van der Waals surface area contributed by atoms with Crippen LogP contribution in [-0.2, 0) is 14.8 Å². The van der Waals surface area contributed by atoms with Crippen molar-refractivity contribution in [2.24, 2.45) is 0 Å². The van der Waals surface area contributed by atoms with Crippen LogP contribution in [0.4, 0.5) is 21.4 Å². The van der Waals surface area contributed by atoms with E-state index in [1.54, 1.807) is 24.4 Å². The number of nitrogens with one attached hydrogen (secondary N) is 2. The van der Waals surface area contributed by atoms with Gasteiger partial charge in [-0.05, 0) is 38.0 Å². The van der Waals surface area contributed by atoms with Gasteiger partial charge in [-0.1, -0.05) is 0 Å². The van der Waals surface area contributed by atoms with Crippen molar-refractivity contribution in [3.63, 3.8) is 0 Å². The van der Waals surface area contributed by atoms with Gasteiger partial charge in [-0.25, -0.2) is 37.9 Å². The fourth-order valence-electron chi connectivity index (χ4n) is 3.77. The van der Waals surface area contributed by atoms with Gasteiger partial charge >= 0.3 is 12.2 Å². The summed E-state index contributed by atoms with van der Waals surface area (Å²) >= 11 is 0. The molecular formula is C23H26N8O6S. The quantitative estimate of drug-likeness (QED) is 0.419. The summed E-state index contributed by atoms with van der Waals surface area (Å²) in [6.45, 7) is 2.99. The predicted octanol–water partition coefficient (Wildman–Crippen LogP) is 2.65. The molecule has 0 aromatic carbocycles. The third-order valence-electron chi connectivity index (χ3n) is 5.50. The van der Waals surface area contributed by atoms with E-state index >= 15 is 0 Å². The number of piperidine rings is 1. The van der Waals surface area contributed by atoms with Gasteiger partial charge in [-0.15, -0.1) is 0 Å². The molecule has 4 heterocycles. The Kier molecular flexibility index (Phi) is 8.25. The molecule has 15 heteroatoms. The number of hydrogen-bond acceptors (Lipinski definition) is 11. The third kappa shape index (κ3) is 7.32. The van der Waals surface area contributed by atoms with E-state index in [9.17, 15) is 18.0 Å². The Bertz CT molecular complexity index is 1400. The molecule has 1 saturated heterocycles. The molecule has 0 radical (unpaired) electrons. The second kappa shape index (κ2) is 11.8. The Balaban J connectivity index is 1.27. The van der Waals surface area contributed by atoms with E-state index in [0.717, 1.165) is 6.26 Å². The number of carbonyl (C=O) groups is 2. The smallest absolute Gasteiger partial charge is 0.421 e. The SMILES string of the molecule is CCOc1cncc(-c2ccc(NC(=O)OC(=O)N3CCC(c4ccnc(NS(C)(=O)=O)n4)CC3)nc2)n1. The lowest BCUT2D eigenvalue weighted by Crippen LogP contribution is -2.40. The molecule has 38 heavy (non-hydrogen) atoms. The van der Waals surface area contributed by atoms with Gasteiger partial charge in [0.25, 0.3) is 0 Å². The van der Waals surface area contributed by atoms with Crippen molar-refractivity contribution in [2.45, 2.75) is 25.7 Å². The van der Waals surface area contributed by atoms with Crippen molar-refractivity contribution in [3.8, 4) is 17.1 Å². The van der Waals surface area contributed by atoms with E-state index < -0.39 is 22.2 Å². The number of rotatable bonds is 7. The molecule has 200 valence electrons. The summed E-state index contributed by atoms with van der Waals surface area (Å²) < 4.78 is 35.4. The Morgan fingerprint density at radius 2 is 1.87 bits per heavy atom. The van der Waals surface area contributed by atoms with Crippen LogP contribution in [0.1, 0.15) is 31.4 Å². The van der Waals surface area contributed by atoms with Crippen LogP contribution in [0.15, 0.2) is 43.0 Å². The number of pyridine rings is 1. The Morgan fingerprint density at radius 1 is 1.08 bits per heavy atom. The number of hydrogen-bond donors (Lipinski definition) is 2. The van der Waals surface area contributed by atoms with Crippen LogP contribution in [-0.4, -0.2) is 76.4 Å². The molecule has 0 spiro atoms. The van der Waals surface area contributed by atoms with Gasteiger partial charge in [-0.3, -0.25) is 15.0 Å². The maximum Gasteiger partial charge on any atom is 0.421 e. The fourth-order valence-corrected chi connectivity index (χ4v) is 4.20. The van der Waals surface area contributed by atoms with Crippen LogP contribution in [0, 0.1) is 0 Å². The highest BCUT2D eigenvalue weighted by molar-refractivity contribution is 7.91. The molecule has 0 saturated carbocycles. The number of aromatic nitrogens is 5. The minimum Gasteiger partial charge on any atom is -0.477 e. The Morgan fingerprint density at radius 3 is 2.55 bits per heavy atom. The van der Waals surface area contributed by atoms with E-state index in [2.05, 4.69) is 35.0 Å². The average molecular weight is 543 g/mol. The van der Waals surface area contributed by atoms with E-state index in [1.165, 1.54) is 23.5 Å². The molecule has 4 rings (SSSR count). The van der Waals surface area contributed by atoms with Crippen molar-refractivity contribution < 1.29 is 27.5 Å². The number of carbonyl (C=O) groups excluding carboxylic acids is 2. The number of ether oxygens (including phenoxy) is 2. The first-order valence-electron chi connectivity index (χ1n) is 11.7. The van der Waals surface area contributed by atoms with Crippen LogP contribution in [0.25, 0.3) is 11.3 Å². The molecule has 0 aliphatic carbocycles. The lowest BCUT2D eigenvalue weighted by molar-refractivity contribution is 0.114. The van der Waals surface area contributed by atoms with Gasteiger partial charge in [-0.2, -0.15) is 0 Å². The molecule has 3 aromatic heterocycles. The molecule has 3 aromatic rings. The molecular weight excluding hydrogens is 516 g/mol. The third-order valence-corrected chi connectivity index (χ3v) is 6.05. The van der Waals surface area contributed by atoms with Crippen molar-refractivity contribution in [3.05, 3.63) is 48.7 Å². The molecule has 1 aliphatic rings. The summed E-state index contributed by atoms with van der Waals surface area (Å²) in [6, 6.07) is 4.95. The standard InChI is InChI=1S/C23H26N8O6S/c1-3-36-20-14-24-13-18(27-20)16-4-5-19(26-12-16)29-22(32)37-23(33)31-10-7-15(8-11-31)17-6-9-25-21(28-17)30-38(2,34)35/h4-6,9,12-15H,3,7-8,10-11H2,1-2H3,(H,25,28,30)(H,26,29,32). The lowest BCUT2D eigenvalue weighted by atomic mass is 9.93. The largest absolute Gasteiger partial charge is 0.477 e. The summed E-state index contributed by atoms with van der Waals surface area (Å²) in [5.74, 6) is 0.584. The molecule has 2 amide bonds. The van der Waals surface area contributed by atoms with Crippen LogP contribution in [0.5, 0.6) is 5.88 Å². The number of nitrogens with zero attached hydrogens (tertiary/aromatic N) is 6. The van der Waals surface area contributed by atoms with Crippen molar-refractivity contribution >= 4 is 34.0 Å². The van der Waals surface area contributed by atoms with E-state index in [1.807, 2.05) is 6.92 Å². The topological polar surface area (TPSA) is 178 Å². The minimum atomic E-state index is -3.49. The van der Waals surface area contributed by atoms with Gasteiger partial charge in [0.1, 0.15) is 5.82 Å². The number of likely N-dealkylation sites (tertiary alicyclic amines) is 1. The fraction of sp³-hybridized carbons (Fsp3) is 0.348. The highest BCUT2D eigenvalue weighted by Gasteiger charge is 2.27. The van der Waals surface area contributed by atoms with Crippen LogP contribution in [0.3, 0.4) is 0 Å². The molecule has 1 fully saturated rings. The van der Waals surface area contributed by atoms with Gasteiger partial charge in [0.15, 0.2) is 0 Å². The monoisotopic (exact) mass is 542 g/mol. The zero-order chi connectivity index (χ0) is 27.1. The van der Waals surface area contributed by atoms with Gasteiger partial charge < -0.3 is 14.4 Å². The van der Waals surface area contributed by atoms with Crippen molar-refractivity contribution in [1.82, 2.24) is 29.8 Å². The molecule has 2 N–H and O–H groups in total. The summed E-state index contributed by atoms with van der Waals surface area (Å²) in [4.78, 5) is 46.9. The second-order valence-corrected chi connectivity index (χ2v) is 10.1. The molecule has 0 unspecified atom stereocenters. The van der Waals surface area contributed by atoms with Gasteiger partial charge in [0, 0.05) is 42.7 Å². The zero-order valence-electron chi connectivity index (χ0n) is 20.7. The number of amides is 2. The first kappa shape index (κ1) is 26.7. The van der Waals surface area contributed by atoms with Crippen LogP contribution < -0.4 is 14.8 Å². The second-order valence-electron chi connectivity index (χ2n) is 8.33. The maximum absolute atomic E-state index is 12.5. The lowest BCUT2D eigenvalue weighted by Gasteiger charge is -2.30. The van der Waals surface area contributed by atoms with Crippen molar-refractivity contribution in [2.75, 3.05) is 36.0 Å². The van der Waals surface area contributed by atoms with Gasteiger partial charge in [0.05, 0.1) is 31.0 Å². The summed E-state index contributed by atoms with van der Waals surface area (Å²) in [5, 5.41) is 2.43. The maximum atomic E-state index is 12.5. The van der Waals surface area contributed by atoms with Crippen LogP contribution in [0.2, 0.25) is 0 Å². The zero-order valence-corrected chi connectivity index (χ0v) is 21.5. The predicted molar refractivity (Wildman–Crippen MR) is 136 cm³/mol. The summed E-state index contributed by atoms with van der Waals surface area (Å²) in [5.41, 5.74) is 1.89.